The molecule has 1 rings (SSSR count). The van der Waals surface area contributed by atoms with Crippen molar-refractivity contribution in [1.29, 1.82) is 0 Å². The zero-order valence-electron chi connectivity index (χ0n) is 18.0. The molecule has 0 spiro atoms. The second-order valence-corrected chi connectivity index (χ2v) is 7.72. The van der Waals surface area contributed by atoms with Crippen molar-refractivity contribution in [2.75, 3.05) is 19.8 Å². The van der Waals surface area contributed by atoms with Crippen molar-refractivity contribution < 1.29 is 9.47 Å². The number of nitrogens with zero attached hydrogens (tertiary/aromatic N) is 2. The molecule has 0 aromatic carbocycles. The van der Waals surface area contributed by atoms with E-state index in [1.807, 2.05) is 18.7 Å². The van der Waals surface area contributed by atoms with Gasteiger partial charge in [-0.3, -0.25) is 0 Å². The van der Waals surface area contributed by atoms with Crippen LogP contribution < -0.4 is 0 Å². The summed E-state index contributed by atoms with van der Waals surface area (Å²) in [4.78, 5) is 4.13. The van der Waals surface area contributed by atoms with Gasteiger partial charge in [0.2, 0.25) is 0 Å². The molecular formula is C23H44N2O2. The molecule has 0 radical (unpaired) electrons. The van der Waals surface area contributed by atoms with Gasteiger partial charge in [0.15, 0.2) is 0 Å². The van der Waals surface area contributed by atoms with Crippen molar-refractivity contribution in [3.8, 4) is 0 Å². The van der Waals surface area contributed by atoms with E-state index in [2.05, 4.69) is 23.4 Å². The Balaban J connectivity index is 2.08. The Kier molecular flexibility index (Phi) is 16.6. The summed E-state index contributed by atoms with van der Waals surface area (Å²) in [5.41, 5.74) is 0. The van der Waals surface area contributed by atoms with E-state index in [0.29, 0.717) is 6.61 Å². The van der Waals surface area contributed by atoms with Crippen molar-refractivity contribution in [2.24, 2.45) is 0 Å². The van der Waals surface area contributed by atoms with Crippen LogP contribution in [-0.2, 0) is 16.0 Å². The number of ether oxygens (including phenoxy) is 2. The van der Waals surface area contributed by atoms with Gasteiger partial charge in [-0.1, -0.05) is 84.5 Å². The van der Waals surface area contributed by atoms with E-state index in [4.69, 9.17) is 9.47 Å². The first-order chi connectivity index (χ1) is 13.4. The molecule has 4 nitrogen and oxygen atoms in total. The molecule has 0 aliphatic heterocycles. The second-order valence-electron chi connectivity index (χ2n) is 7.72. The number of hydrogen-bond donors (Lipinski definition) is 0. The van der Waals surface area contributed by atoms with Gasteiger partial charge in [0.25, 0.3) is 0 Å². The summed E-state index contributed by atoms with van der Waals surface area (Å²) in [6, 6.07) is 0. The van der Waals surface area contributed by atoms with Gasteiger partial charge < -0.3 is 14.0 Å². The Labute approximate surface area is 168 Å². The third-order valence-electron chi connectivity index (χ3n) is 5.02. The highest BCUT2D eigenvalue weighted by atomic mass is 16.5. The van der Waals surface area contributed by atoms with Gasteiger partial charge >= 0.3 is 0 Å². The SMILES string of the molecule is CCCCCCCCCCOCC(Cn1ccnc1)OCCCCCCC. The number of hydrogen-bond acceptors (Lipinski definition) is 3. The average molecular weight is 381 g/mol. The Hall–Kier alpha value is -0.870. The molecule has 0 fully saturated rings. The Bertz CT molecular complexity index is 395. The van der Waals surface area contributed by atoms with Crippen molar-refractivity contribution in [1.82, 2.24) is 9.55 Å². The minimum atomic E-state index is 0.124. The normalized spacial score (nSPS) is 12.5. The highest BCUT2D eigenvalue weighted by Crippen LogP contribution is 2.09. The Morgan fingerprint density at radius 3 is 1.96 bits per heavy atom. The molecule has 0 N–H and O–H groups in total. The summed E-state index contributed by atoms with van der Waals surface area (Å²) in [6.45, 7) is 7.73. The van der Waals surface area contributed by atoms with E-state index in [1.165, 1.54) is 77.0 Å². The molecule has 0 bridgehead atoms. The van der Waals surface area contributed by atoms with Crippen molar-refractivity contribution in [3.05, 3.63) is 18.7 Å². The van der Waals surface area contributed by atoms with Crippen molar-refractivity contribution >= 4 is 0 Å². The summed E-state index contributed by atoms with van der Waals surface area (Å²) < 4.78 is 14.1. The van der Waals surface area contributed by atoms with E-state index in [1.54, 1.807) is 0 Å². The molecule has 0 aliphatic carbocycles. The minimum absolute atomic E-state index is 0.124. The van der Waals surface area contributed by atoms with Gasteiger partial charge in [-0.25, -0.2) is 4.98 Å². The molecule has 0 amide bonds. The molecule has 27 heavy (non-hydrogen) atoms. The average Bonchev–Trinajstić information content (AvgIpc) is 3.18. The molecule has 158 valence electrons. The molecule has 1 aromatic rings. The summed E-state index contributed by atoms with van der Waals surface area (Å²) >= 11 is 0. The topological polar surface area (TPSA) is 36.3 Å². The van der Waals surface area contributed by atoms with Crippen LogP contribution >= 0.6 is 0 Å². The molecule has 1 unspecified atom stereocenters. The van der Waals surface area contributed by atoms with E-state index in [0.717, 1.165) is 26.2 Å². The number of rotatable bonds is 20. The van der Waals surface area contributed by atoms with Crippen molar-refractivity contribution in [3.63, 3.8) is 0 Å². The maximum absolute atomic E-state index is 6.10. The van der Waals surface area contributed by atoms with Crippen LogP contribution in [0.1, 0.15) is 97.3 Å². The zero-order chi connectivity index (χ0) is 19.4. The summed E-state index contributed by atoms with van der Waals surface area (Å²) in [6.07, 6.45) is 22.9. The standard InChI is InChI=1S/C23H44N2O2/c1-3-5-7-9-10-11-13-14-18-26-21-23(20-25-17-16-24-22-25)27-19-15-12-8-6-4-2/h16-17,22-23H,3-15,18-21H2,1-2H3. The molecular weight excluding hydrogens is 336 g/mol. The highest BCUT2D eigenvalue weighted by molar-refractivity contribution is 4.76. The van der Waals surface area contributed by atoms with Crippen LogP contribution in [0, 0.1) is 0 Å². The predicted octanol–water partition coefficient (Wildman–Crippen LogP) is 6.40. The van der Waals surface area contributed by atoms with Crippen LogP contribution in [0.3, 0.4) is 0 Å². The molecule has 4 heteroatoms. The van der Waals surface area contributed by atoms with Crippen molar-refractivity contribution in [2.45, 2.75) is 110 Å². The fourth-order valence-corrected chi connectivity index (χ4v) is 3.29. The fourth-order valence-electron chi connectivity index (χ4n) is 3.29. The lowest BCUT2D eigenvalue weighted by atomic mass is 10.1. The number of unbranched alkanes of at least 4 members (excludes halogenated alkanes) is 11. The Morgan fingerprint density at radius 2 is 1.37 bits per heavy atom. The molecule has 0 aliphatic rings. The van der Waals surface area contributed by atoms with Crippen LogP contribution in [0.4, 0.5) is 0 Å². The second kappa shape index (κ2) is 18.5. The van der Waals surface area contributed by atoms with Crippen LogP contribution in [-0.4, -0.2) is 35.5 Å². The van der Waals surface area contributed by atoms with Crippen LogP contribution in [0.15, 0.2) is 18.7 Å². The fraction of sp³-hybridized carbons (Fsp3) is 0.870. The van der Waals surface area contributed by atoms with Crippen LogP contribution in [0.2, 0.25) is 0 Å². The van der Waals surface area contributed by atoms with Gasteiger partial charge in [0, 0.05) is 25.6 Å². The largest absolute Gasteiger partial charge is 0.379 e. The first-order valence-corrected chi connectivity index (χ1v) is 11.5. The first-order valence-electron chi connectivity index (χ1n) is 11.5. The van der Waals surface area contributed by atoms with E-state index < -0.39 is 0 Å². The minimum Gasteiger partial charge on any atom is -0.379 e. The quantitative estimate of drug-likeness (QED) is 0.246. The first kappa shape index (κ1) is 24.2. The molecule has 0 saturated heterocycles. The molecule has 1 aromatic heterocycles. The summed E-state index contributed by atoms with van der Waals surface area (Å²) in [5.74, 6) is 0. The van der Waals surface area contributed by atoms with E-state index in [-0.39, 0.29) is 6.10 Å². The zero-order valence-corrected chi connectivity index (χ0v) is 18.0. The maximum Gasteiger partial charge on any atom is 0.0987 e. The van der Waals surface area contributed by atoms with Crippen LogP contribution in [0.25, 0.3) is 0 Å². The smallest absolute Gasteiger partial charge is 0.0987 e. The molecule has 1 atom stereocenters. The monoisotopic (exact) mass is 380 g/mol. The Morgan fingerprint density at radius 1 is 0.778 bits per heavy atom. The lowest BCUT2D eigenvalue weighted by Crippen LogP contribution is -2.26. The third kappa shape index (κ3) is 14.8. The van der Waals surface area contributed by atoms with Gasteiger partial charge in [0.1, 0.15) is 0 Å². The van der Waals surface area contributed by atoms with Gasteiger partial charge in [0.05, 0.1) is 25.6 Å². The van der Waals surface area contributed by atoms with E-state index >= 15 is 0 Å². The highest BCUT2D eigenvalue weighted by Gasteiger charge is 2.10. The van der Waals surface area contributed by atoms with Gasteiger partial charge in [-0.15, -0.1) is 0 Å². The number of imidazole rings is 1. The van der Waals surface area contributed by atoms with Gasteiger partial charge in [-0.05, 0) is 12.8 Å². The third-order valence-corrected chi connectivity index (χ3v) is 5.02. The maximum atomic E-state index is 6.10. The lowest BCUT2D eigenvalue weighted by Gasteiger charge is -2.19. The van der Waals surface area contributed by atoms with Crippen LogP contribution in [0.5, 0.6) is 0 Å². The molecule has 1 heterocycles. The molecule has 0 saturated carbocycles. The summed E-state index contributed by atoms with van der Waals surface area (Å²) in [7, 11) is 0. The lowest BCUT2D eigenvalue weighted by molar-refractivity contribution is -0.0265. The number of aromatic nitrogens is 2. The summed E-state index contributed by atoms with van der Waals surface area (Å²) in [5, 5.41) is 0. The van der Waals surface area contributed by atoms with E-state index in [9.17, 15) is 0 Å². The van der Waals surface area contributed by atoms with Gasteiger partial charge in [-0.2, -0.15) is 0 Å². The predicted molar refractivity (Wildman–Crippen MR) is 114 cm³/mol.